The lowest BCUT2D eigenvalue weighted by atomic mass is 10.2. The molecule has 7 heteroatoms. The van der Waals surface area contributed by atoms with Crippen LogP contribution in [0.1, 0.15) is 10.4 Å². The average Bonchev–Trinajstić information content (AvgIpc) is 3.28. The van der Waals surface area contributed by atoms with Crippen molar-refractivity contribution in [3.63, 3.8) is 0 Å². The van der Waals surface area contributed by atoms with Gasteiger partial charge < -0.3 is 9.15 Å². The molecule has 2 heterocycles. The maximum absolute atomic E-state index is 12.3. The summed E-state index contributed by atoms with van der Waals surface area (Å²) in [7, 11) is 1.60. The molecule has 0 spiro atoms. The van der Waals surface area contributed by atoms with Gasteiger partial charge in [-0.2, -0.15) is 0 Å². The van der Waals surface area contributed by atoms with Gasteiger partial charge in [0.2, 0.25) is 0 Å². The van der Waals surface area contributed by atoms with E-state index >= 15 is 0 Å². The third kappa shape index (κ3) is 3.05. The molecule has 0 fully saturated rings. The van der Waals surface area contributed by atoms with Crippen molar-refractivity contribution >= 4 is 44.9 Å². The van der Waals surface area contributed by atoms with Crippen LogP contribution in [0.4, 0.5) is 5.13 Å². The minimum absolute atomic E-state index is 0.303. The topological polar surface area (TPSA) is 64.4 Å². The van der Waals surface area contributed by atoms with E-state index in [0.717, 1.165) is 5.39 Å². The van der Waals surface area contributed by atoms with E-state index in [2.05, 4.69) is 10.3 Å². The Labute approximate surface area is 158 Å². The summed E-state index contributed by atoms with van der Waals surface area (Å²) in [6.07, 6.45) is 0. The number of carbonyl (C=O) groups is 1. The molecule has 1 amide bonds. The number of hydrogen-bond acceptors (Lipinski definition) is 5. The lowest BCUT2D eigenvalue weighted by Crippen LogP contribution is -2.12. The summed E-state index contributed by atoms with van der Waals surface area (Å²) in [6, 6.07) is 14.4. The van der Waals surface area contributed by atoms with Gasteiger partial charge in [-0.3, -0.25) is 10.1 Å². The summed E-state index contributed by atoms with van der Waals surface area (Å²) in [5.74, 6) is 0.970. The van der Waals surface area contributed by atoms with Crippen molar-refractivity contribution in [2.24, 2.45) is 0 Å². The maximum atomic E-state index is 12.3. The Balaban J connectivity index is 1.60. The summed E-state index contributed by atoms with van der Waals surface area (Å²) < 4.78 is 11.2. The number of rotatable bonds is 4. The van der Waals surface area contributed by atoms with Crippen LogP contribution in [0.2, 0.25) is 5.02 Å². The number of amides is 1. The summed E-state index contributed by atoms with van der Waals surface area (Å²) in [6.45, 7) is 0. The lowest BCUT2D eigenvalue weighted by Gasteiger charge is -2.03. The molecule has 2 aromatic carbocycles. The molecule has 0 saturated carbocycles. The molecular weight excluding hydrogens is 372 g/mol. The number of benzene rings is 2. The summed E-state index contributed by atoms with van der Waals surface area (Å²) >= 11 is 7.37. The van der Waals surface area contributed by atoms with Crippen molar-refractivity contribution in [1.82, 2.24) is 4.98 Å². The number of carbonyl (C=O) groups excluding carboxylic acids is 1. The third-order valence-electron chi connectivity index (χ3n) is 3.82. The van der Waals surface area contributed by atoms with Crippen molar-refractivity contribution < 1.29 is 13.9 Å². The standard InChI is InChI=1S/C19H13ClN2O3S/c1-24-15-8-4-5-11-9-16(25-17(11)15)14-10-26-19(21-14)22-18(23)12-6-2-3-7-13(12)20/h2-10H,1H3,(H,21,22,23). The van der Waals surface area contributed by atoms with Crippen molar-refractivity contribution in [3.8, 4) is 17.2 Å². The molecule has 0 atom stereocenters. The number of halogens is 1. The van der Waals surface area contributed by atoms with E-state index in [1.165, 1.54) is 11.3 Å². The fourth-order valence-electron chi connectivity index (χ4n) is 2.58. The minimum Gasteiger partial charge on any atom is -0.493 e. The first-order chi connectivity index (χ1) is 12.7. The molecule has 0 aliphatic heterocycles. The van der Waals surface area contributed by atoms with Crippen molar-refractivity contribution in [1.29, 1.82) is 0 Å². The number of fused-ring (bicyclic) bond motifs is 1. The Morgan fingerprint density at radius 2 is 2.08 bits per heavy atom. The Morgan fingerprint density at radius 1 is 1.23 bits per heavy atom. The zero-order valence-electron chi connectivity index (χ0n) is 13.7. The van der Waals surface area contributed by atoms with Crippen LogP contribution in [0.3, 0.4) is 0 Å². The number of ether oxygens (including phenoxy) is 1. The van der Waals surface area contributed by atoms with Gasteiger partial charge in [0.25, 0.3) is 5.91 Å². The van der Waals surface area contributed by atoms with Crippen LogP contribution in [0.5, 0.6) is 5.75 Å². The number of nitrogens with zero attached hydrogens (tertiary/aromatic N) is 1. The number of para-hydroxylation sites is 1. The number of methoxy groups -OCH3 is 1. The molecule has 130 valence electrons. The molecule has 4 aromatic rings. The van der Waals surface area contributed by atoms with Gasteiger partial charge in [-0.05, 0) is 24.3 Å². The highest BCUT2D eigenvalue weighted by Gasteiger charge is 2.15. The monoisotopic (exact) mass is 384 g/mol. The zero-order valence-corrected chi connectivity index (χ0v) is 15.2. The van der Waals surface area contributed by atoms with Crippen molar-refractivity contribution in [3.05, 3.63) is 64.5 Å². The first-order valence-electron chi connectivity index (χ1n) is 7.74. The number of aromatic nitrogens is 1. The van der Waals surface area contributed by atoms with E-state index in [0.29, 0.717) is 38.5 Å². The third-order valence-corrected chi connectivity index (χ3v) is 4.91. The molecule has 0 unspecified atom stereocenters. The van der Waals surface area contributed by atoms with Gasteiger partial charge in [-0.15, -0.1) is 11.3 Å². The van der Waals surface area contributed by atoms with E-state index in [4.69, 9.17) is 20.8 Å². The van der Waals surface area contributed by atoms with Crippen LogP contribution < -0.4 is 10.1 Å². The van der Waals surface area contributed by atoms with Crippen LogP contribution in [0.15, 0.2) is 58.3 Å². The van der Waals surface area contributed by atoms with Crippen molar-refractivity contribution in [2.45, 2.75) is 0 Å². The van der Waals surface area contributed by atoms with Gasteiger partial charge in [-0.1, -0.05) is 35.9 Å². The minimum atomic E-state index is -0.303. The van der Waals surface area contributed by atoms with Crippen molar-refractivity contribution in [2.75, 3.05) is 12.4 Å². The smallest absolute Gasteiger partial charge is 0.258 e. The highest BCUT2D eigenvalue weighted by molar-refractivity contribution is 7.14. The molecule has 0 bridgehead atoms. The Hall–Kier alpha value is -2.83. The van der Waals surface area contributed by atoms with Gasteiger partial charge in [0.15, 0.2) is 22.2 Å². The molecule has 0 aliphatic carbocycles. The summed E-state index contributed by atoms with van der Waals surface area (Å²) in [5, 5.41) is 6.38. The van der Waals surface area contributed by atoms with Crippen LogP contribution in [0, 0.1) is 0 Å². The number of thiazole rings is 1. The number of furan rings is 1. The molecule has 4 rings (SSSR count). The van der Waals surface area contributed by atoms with Gasteiger partial charge >= 0.3 is 0 Å². The largest absolute Gasteiger partial charge is 0.493 e. The molecule has 2 aromatic heterocycles. The second-order valence-corrected chi connectivity index (χ2v) is 6.73. The van der Waals surface area contributed by atoms with Crippen LogP contribution >= 0.6 is 22.9 Å². The maximum Gasteiger partial charge on any atom is 0.258 e. The fourth-order valence-corrected chi connectivity index (χ4v) is 3.49. The first kappa shape index (κ1) is 16.6. The fraction of sp³-hybridized carbons (Fsp3) is 0.0526. The zero-order chi connectivity index (χ0) is 18.1. The van der Waals surface area contributed by atoms with Crippen LogP contribution in [-0.4, -0.2) is 18.0 Å². The molecule has 0 saturated heterocycles. The normalized spacial score (nSPS) is 10.8. The average molecular weight is 385 g/mol. The highest BCUT2D eigenvalue weighted by atomic mass is 35.5. The summed E-state index contributed by atoms with van der Waals surface area (Å²) in [4.78, 5) is 16.8. The van der Waals surface area contributed by atoms with Gasteiger partial charge in [0.1, 0.15) is 5.69 Å². The second kappa shape index (κ2) is 6.82. The first-order valence-corrected chi connectivity index (χ1v) is 9.00. The lowest BCUT2D eigenvalue weighted by molar-refractivity contribution is 0.102. The van der Waals surface area contributed by atoms with Gasteiger partial charge in [-0.25, -0.2) is 4.98 Å². The molecular formula is C19H13ClN2O3S. The molecule has 5 nitrogen and oxygen atoms in total. The predicted molar refractivity (Wildman–Crippen MR) is 103 cm³/mol. The Bertz CT molecular complexity index is 1100. The molecule has 0 radical (unpaired) electrons. The van der Waals surface area contributed by atoms with Crippen LogP contribution in [-0.2, 0) is 0 Å². The van der Waals surface area contributed by atoms with E-state index < -0.39 is 0 Å². The van der Waals surface area contributed by atoms with Crippen LogP contribution in [0.25, 0.3) is 22.4 Å². The number of anilines is 1. The number of hydrogen-bond donors (Lipinski definition) is 1. The molecule has 0 aliphatic rings. The predicted octanol–water partition coefficient (Wildman–Crippen LogP) is 5.47. The summed E-state index contributed by atoms with van der Waals surface area (Å²) in [5.41, 5.74) is 1.71. The number of nitrogens with one attached hydrogen (secondary N) is 1. The van der Waals surface area contributed by atoms with E-state index in [9.17, 15) is 4.79 Å². The second-order valence-electron chi connectivity index (χ2n) is 5.46. The van der Waals surface area contributed by atoms with E-state index in [1.807, 2.05) is 29.6 Å². The van der Waals surface area contributed by atoms with E-state index in [-0.39, 0.29) is 5.91 Å². The van der Waals surface area contributed by atoms with E-state index in [1.54, 1.807) is 31.4 Å². The van der Waals surface area contributed by atoms with Gasteiger partial charge in [0.05, 0.1) is 17.7 Å². The highest BCUT2D eigenvalue weighted by Crippen LogP contribution is 2.34. The molecule has 1 N–H and O–H groups in total. The SMILES string of the molecule is COc1cccc2cc(-c3csc(NC(=O)c4ccccc4Cl)n3)oc12. The Morgan fingerprint density at radius 3 is 2.88 bits per heavy atom. The Kier molecular flexibility index (Phi) is 4.36. The van der Waals surface area contributed by atoms with Gasteiger partial charge in [0, 0.05) is 10.8 Å². The quantitative estimate of drug-likeness (QED) is 0.506. The molecule has 26 heavy (non-hydrogen) atoms.